The van der Waals surface area contributed by atoms with Crippen molar-refractivity contribution in [3.05, 3.63) is 35.9 Å². The third-order valence-corrected chi connectivity index (χ3v) is 3.64. The second-order valence-electron chi connectivity index (χ2n) is 5.29. The van der Waals surface area contributed by atoms with Crippen LogP contribution in [0.4, 0.5) is 0 Å². The first-order valence-electron chi connectivity index (χ1n) is 6.76. The lowest BCUT2D eigenvalue weighted by Crippen LogP contribution is -2.57. The molecule has 1 saturated heterocycles. The number of hydrogen-bond donors (Lipinski definition) is 1. The zero-order valence-electron chi connectivity index (χ0n) is 11.7. The van der Waals surface area contributed by atoms with Gasteiger partial charge in [0.1, 0.15) is 6.10 Å². The number of morpholine rings is 1. The van der Waals surface area contributed by atoms with Crippen molar-refractivity contribution >= 4 is 5.91 Å². The lowest BCUT2D eigenvalue weighted by atomic mass is 9.98. The lowest BCUT2D eigenvalue weighted by molar-refractivity contribution is -0.154. The van der Waals surface area contributed by atoms with Crippen molar-refractivity contribution in [2.24, 2.45) is 5.73 Å². The Kier molecular flexibility index (Phi) is 4.22. The molecule has 1 aromatic rings. The normalized spacial score (nSPS) is 29.1. The Bertz CT molecular complexity index is 433. The molecule has 0 radical (unpaired) electrons. The van der Waals surface area contributed by atoms with Crippen LogP contribution in [0, 0.1) is 0 Å². The first-order valence-corrected chi connectivity index (χ1v) is 6.76. The predicted octanol–water partition coefficient (Wildman–Crippen LogP) is 1.71. The summed E-state index contributed by atoms with van der Waals surface area (Å²) in [5.74, 6) is -0.00997. The van der Waals surface area contributed by atoms with E-state index in [0.717, 1.165) is 5.56 Å². The van der Waals surface area contributed by atoms with E-state index in [2.05, 4.69) is 0 Å². The van der Waals surface area contributed by atoms with Crippen molar-refractivity contribution in [1.29, 1.82) is 0 Å². The van der Waals surface area contributed by atoms with E-state index in [-0.39, 0.29) is 24.1 Å². The van der Waals surface area contributed by atoms with Crippen LogP contribution in [0.25, 0.3) is 0 Å². The molecule has 19 heavy (non-hydrogen) atoms. The number of hydrogen-bond acceptors (Lipinski definition) is 3. The van der Waals surface area contributed by atoms with Crippen molar-refractivity contribution in [1.82, 2.24) is 4.90 Å². The molecular formula is C15H22N2O2. The van der Waals surface area contributed by atoms with Crippen molar-refractivity contribution in [3.63, 3.8) is 0 Å². The van der Waals surface area contributed by atoms with E-state index in [4.69, 9.17) is 10.5 Å². The summed E-state index contributed by atoms with van der Waals surface area (Å²) in [4.78, 5) is 14.1. The molecule has 1 aromatic carbocycles. The maximum Gasteiger partial charge on any atom is 0.239 e. The molecule has 0 aliphatic carbocycles. The summed E-state index contributed by atoms with van der Waals surface area (Å²) in [6.07, 6.45) is -0.0832. The second-order valence-corrected chi connectivity index (χ2v) is 5.29. The van der Waals surface area contributed by atoms with Gasteiger partial charge in [-0.1, -0.05) is 30.3 Å². The Balaban J connectivity index is 2.23. The first-order chi connectivity index (χ1) is 9.02. The maximum atomic E-state index is 12.2. The third-order valence-electron chi connectivity index (χ3n) is 3.64. The summed E-state index contributed by atoms with van der Waals surface area (Å²) >= 11 is 0. The standard InChI is InChI=1S/C15H22N2O2/c1-10-9-19-14(13-7-5-4-6-8-13)12(3)17(10)15(18)11(2)16/h4-8,10-12,14H,9,16H2,1-3H3/t10-,11-,12-,14-/m1/s1. The van der Waals surface area contributed by atoms with Gasteiger partial charge in [0.2, 0.25) is 5.91 Å². The van der Waals surface area contributed by atoms with Gasteiger partial charge in [0.05, 0.1) is 24.7 Å². The molecule has 1 fully saturated rings. The number of amides is 1. The summed E-state index contributed by atoms with van der Waals surface area (Å²) < 4.78 is 5.91. The quantitative estimate of drug-likeness (QED) is 0.882. The minimum atomic E-state index is -0.473. The van der Waals surface area contributed by atoms with Crippen molar-refractivity contribution < 1.29 is 9.53 Å². The summed E-state index contributed by atoms with van der Waals surface area (Å²) in [7, 11) is 0. The van der Waals surface area contributed by atoms with Crippen LogP contribution in [-0.4, -0.2) is 35.5 Å². The van der Waals surface area contributed by atoms with Gasteiger partial charge < -0.3 is 15.4 Å². The fourth-order valence-electron chi connectivity index (χ4n) is 2.68. The molecule has 104 valence electrons. The van der Waals surface area contributed by atoms with Crippen LogP contribution in [-0.2, 0) is 9.53 Å². The van der Waals surface area contributed by atoms with Crippen LogP contribution in [0.5, 0.6) is 0 Å². The van der Waals surface area contributed by atoms with Gasteiger partial charge in [-0.2, -0.15) is 0 Å². The van der Waals surface area contributed by atoms with Crippen LogP contribution in [0.1, 0.15) is 32.4 Å². The number of nitrogens with two attached hydrogens (primary N) is 1. The van der Waals surface area contributed by atoms with E-state index < -0.39 is 6.04 Å². The van der Waals surface area contributed by atoms with Crippen LogP contribution >= 0.6 is 0 Å². The molecule has 2 rings (SSSR count). The highest BCUT2D eigenvalue weighted by atomic mass is 16.5. The predicted molar refractivity (Wildman–Crippen MR) is 74.6 cm³/mol. The number of nitrogens with zero attached hydrogens (tertiary/aromatic N) is 1. The SMILES string of the molecule is C[C@@H]1CO[C@@H](c2ccccc2)[C@@H](C)N1C(=O)[C@@H](C)N. The fraction of sp³-hybridized carbons (Fsp3) is 0.533. The van der Waals surface area contributed by atoms with Crippen molar-refractivity contribution in [3.8, 4) is 0 Å². The van der Waals surface area contributed by atoms with E-state index in [1.54, 1.807) is 6.92 Å². The molecule has 4 nitrogen and oxygen atoms in total. The Morgan fingerprint density at radius 1 is 1.37 bits per heavy atom. The summed E-state index contributed by atoms with van der Waals surface area (Å²) in [6, 6.07) is 9.60. The molecule has 0 saturated carbocycles. The van der Waals surface area contributed by atoms with Gasteiger partial charge in [-0.15, -0.1) is 0 Å². The highest BCUT2D eigenvalue weighted by Crippen LogP contribution is 2.31. The Labute approximate surface area is 114 Å². The molecule has 1 amide bonds. The topological polar surface area (TPSA) is 55.6 Å². The number of rotatable bonds is 2. The Morgan fingerprint density at radius 2 is 2.00 bits per heavy atom. The minimum absolute atomic E-state index is 0.00958. The average molecular weight is 262 g/mol. The van der Waals surface area contributed by atoms with E-state index in [0.29, 0.717) is 6.61 Å². The Hall–Kier alpha value is -1.39. The molecule has 1 heterocycles. The third kappa shape index (κ3) is 2.80. The minimum Gasteiger partial charge on any atom is -0.369 e. The largest absolute Gasteiger partial charge is 0.369 e. The molecule has 0 bridgehead atoms. The van der Waals surface area contributed by atoms with E-state index in [9.17, 15) is 4.79 Å². The molecule has 1 aliphatic heterocycles. The maximum absolute atomic E-state index is 12.2. The summed E-state index contributed by atoms with van der Waals surface area (Å²) in [5.41, 5.74) is 6.84. The van der Waals surface area contributed by atoms with E-state index in [1.165, 1.54) is 0 Å². The second kappa shape index (κ2) is 5.72. The number of ether oxygens (including phenoxy) is 1. The van der Waals surface area contributed by atoms with Crippen LogP contribution in [0.2, 0.25) is 0 Å². The number of carbonyl (C=O) groups is 1. The number of carbonyl (C=O) groups excluding carboxylic acids is 1. The van der Waals surface area contributed by atoms with Crippen LogP contribution < -0.4 is 5.73 Å². The molecule has 0 aromatic heterocycles. The van der Waals surface area contributed by atoms with Crippen molar-refractivity contribution in [2.45, 2.75) is 45.0 Å². The molecule has 0 unspecified atom stereocenters. The lowest BCUT2D eigenvalue weighted by Gasteiger charge is -2.44. The first kappa shape index (κ1) is 14.0. The summed E-state index contributed by atoms with van der Waals surface area (Å²) in [6.45, 7) is 6.29. The molecule has 4 atom stereocenters. The van der Waals surface area contributed by atoms with Gasteiger partial charge in [-0.25, -0.2) is 0 Å². The van der Waals surface area contributed by atoms with Gasteiger partial charge in [0, 0.05) is 0 Å². The fourth-order valence-corrected chi connectivity index (χ4v) is 2.68. The average Bonchev–Trinajstić information content (AvgIpc) is 2.39. The zero-order valence-corrected chi connectivity index (χ0v) is 11.7. The zero-order chi connectivity index (χ0) is 14.0. The number of benzene rings is 1. The molecule has 1 aliphatic rings. The van der Waals surface area contributed by atoms with Gasteiger partial charge in [-0.3, -0.25) is 4.79 Å². The smallest absolute Gasteiger partial charge is 0.239 e. The Morgan fingerprint density at radius 3 is 2.58 bits per heavy atom. The van der Waals surface area contributed by atoms with Crippen LogP contribution in [0.3, 0.4) is 0 Å². The van der Waals surface area contributed by atoms with Crippen molar-refractivity contribution in [2.75, 3.05) is 6.61 Å². The molecule has 4 heteroatoms. The highest BCUT2D eigenvalue weighted by molar-refractivity contribution is 5.82. The van der Waals surface area contributed by atoms with E-state index in [1.807, 2.05) is 49.1 Å². The van der Waals surface area contributed by atoms with E-state index >= 15 is 0 Å². The highest BCUT2D eigenvalue weighted by Gasteiger charge is 2.37. The van der Waals surface area contributed by atoms with Gasteiger partial charge in [0.25, 0.3) is 0 Å². The van der Waals surface area contributed by atoms with Gasteiger partial charge in [0.15, 0.2) is 0 Å². The molecular weight excluding hydrogens is 240 g/mol. The molecule has 2 N–H and O–H groups in total. The monoisotopic (exact) mass is 262 g/mol. The molecule has 0 spiro atoms. The van der Waals surface area contributed by atoms with Crippen LogP contribution in [0.15, 0.2) is 30.3 Å². The summed E-state index contributed by atoms with van der Waals surface area (Å²) in [5, 5.41) is 0. The van der Waals surface area contributed by atoms with Gasteiger partial charge >= 0.3 is 0 Å². The van der Waals surface area contributed by atoms with Gasteiger partial charge in [-0.05, 0) is 26.3 Å².